The first kappa shape index (κ1) is 15.0. The fourth-order valence-corrected chi connectivity index (χ4v) is 2.79. The zero-order valence-electron chi connectivity index (χ0n) is 12.6. The summed E-state index contributed by atoms with van der Waals surface area (Å²) in [6.07, 6.45) is 0.607. The molecule has 1 unspecified atom stereocenters. The number of nitrogens with one attached hydrogen (secondary N) is 2. The number of ether oxygens (including phenoxy) is 2. The van der Waals surface area contributed by atoms with Crippen LogP contribution in [0.4, 0.5) is 4.79 Å². The number of amides is 1. The van der Waals surface area contributed by atoms with Crippen LogP contribution in [0, 0.1) is 5.92 Å². The van der Waals surface area contributed by atoms with Crippen LogP contribution in [0.5, 0.6) is 0 Å². The predicted molar refractivity (Wildman–Crippen MR) is 76.0 cm³/mol. The maximum Gasteiger partial charge on any atom is 0.410 e. The minimum Gasteiger partial charge on any atom is -0.447 e. The Hall–Kier alpha value is -1.43. The maximum absolute atomic E-state index is 12.2. The first-order valence-electron chi connectivity index (χ1n) is 7.37. The summed E-state index contributed by atoms with van der Waals surface area (Å²) >= 11 is 0. The number of nitrogens with zero attached hydrogens (tertiary/aromatic N) is 1. The summed E-state index contributed by atoms with van der Waals surface area (Å²) in [5.41, 5.74) is 2.38. The molecule has 0 saturated carbocycles. The van der Waals surface area contributed by atoms with Gasteiger partial charge >= 0.3 is 6.09 Å². The molecule has 20 heavy (non-hydrogen) atoms. The third kappa shape index (κ3) is 3.17. The summed E-state index contributed by atoms with van der Waals surface area (Å²) in [5.74, 6) is 0.340. The van der Waals surface area contributed by atoms with E-state index in [2.05, 4.69) is 24.5 Å². The summed E-state index contributed by atoms with van der Waals surface area (Å²) in [5, 5.41) is 6.68. The van der Waals surface area contributed by atoms with E-state index in [9.17, 15) is 4.79 Å². The molecule has 0 aromatic heterocycles. The SMILES string of the molecule is CCOCCOC(=O)N1CCC2=C(NCN2)C1C(C)C. The Bertz CT molecular complexity index is 382. The second-order valence-electron chi connectivity index (χ2n) is 5.37. The second-order valence-corrected chi connectivity index (χ2v) is 5.37. The van der Waals surface area contributed by atoms with Crippen molar-refractivity contribution in [1.29, 1.82) is 0 Å². The van der Waals surface area contributed by atoms with Crippen LogP contribution in [0.2, 0.25) is 0 Å². The maximum atomic E-state index is 12.2. The quantitative estimate of drug-likeness (QED) is 0.744. The minimum absolute atomic E-state index is 0.0633. The Balaban J connectivity index is 1.98. The molecule has 2 heterocycles. The molecule has 2 aliphatic rings. The Labute approximate surface area is 120 Å². The molecule has 6 heteroatoms. The van der Waals surface area contributed by atoms with Crippen molar-refractivity contribution in [3.05, 3.63) is 11.4 Å². The van der Waals surface area contributed by atoms with Gasteiger partial charge in [-0.15, -0.1) is 0 Å². The van der Waals surface area contributed by atoms with Gasteiger partial charge in [0.2, 0.25) is 0 Å². The van der Waals surface area contributed by atoms with E-state index in [1.807, 2.05) is 11.8 Å². The first-order valence-corrected chi connectivity index (χ1v) is 7.37. The lowest BCUT2D eigenvalue weighted by Gasteiger charge is -2.38. The standard InChI is InChI=1S/C14H25N3O3/c1-4-19-7-8-20-14(18)17-6-5-11-12(16-9-15-11)13(17)10(2)3/h10,13,15-16H,4-9H2,1-3H3. The van der Waals surface area contributed by atoms with Gasteiger partial charge in [0.15, 0.2) is 0 Å². The average Bonchev–Trinajstić information content (AvgIpc) is 2.90. The van der Waals surface area contributed by atoms with Gasteiger partial charge in [-0.25, -0.2) is 4.79 Å². The second kappa shape index (κ2) is 6.83. The van der Waals surface area contributed by atoms with E-state index < -0.39 is 0 Å². The molecule has 0 fully saturated rings. The van der Waals surface area contributed by atoms with E-state index in [1.54, 1.807) is 0 Å². The normalized spacial score (nSPS) is 21.6. The number of hydrogen-bond acceptors (Lipinski definition) is 5. The van der Waals surface area contributed by atoms with Crippen molar-refractivity contribution in [2.75, 3.05) is 33.0 Å². The van der Waals surface area contributed by atoms with Crippen molar-refractivity contribution in [3.8, 4) is 0 Å². The van der Waals surface area contributed by atoms with Gasteiger partial charge in [0.1, 0.15) is 6.61 Å². The van der Waals surface area contributed by atoms with E-state index in [1.165, 1.54) is 5.70 Å². The molecule has 0 radical (unpaired) electrons. The summed E-state index contributed by atoms with van der Waals surface area (Å²) in [7, 11) is 0. The van der Waals surface area contributed by atoms with Crippen LogP contribution in [-0.4, -0.2) is 50.1 Å². The Kier molecular flexibility index (Phi) is 5.11. The fourth-order valence-electron chi connectivity index (χ4n) is 2.79. The van der Waals surface area contributed by atoms with Crippen molar-refractivity contribution in [1.82, 2.24) is 15.5 Å². The van der Waals surface area contributed by atoms with Crippen molar-refractivity contribution >= 4 is 6.09 Å². The van der Waals surface area contributed by atoms with Crippen LogP contribution in [0.25, 0.3) is 0 Å². The van der Waals surface area contributed by atoms with Crippen molar-refractivity contribution < 1.29 is 14.3 Å². The van der Waals surface area contributed by atoms with E-state index in [0.29, 0.717) is 32.3 Å². The molecule has 2 rings (SSSR count). The molecule has 0 aliphatic carbocycles. The summed E-state index contributed by atoms with van der Waals surface area (Å²) in [6.45, 7) is 9.03. The van der Waals surface area contributed by atoms with Gasteiger partial charge in [-0.2, -0.15) is 0 Å². The largest absolute Gasteiger partial charge is 0.447 e. The molecule has 0 aromatic rings. The molecule has 0 spiro atoms. The molecule has 114 valence electrons. The number of hydrogen-bond donors (Lipinski definition) is 2. The van der Waals surface area contributed by atoms with Gasteiger partial charge in [0.05, 0.1) is 25.0 Å². The van der Waals surface area contributed by atoms with Crippen molar-refractivity contribution in [3.63, 3.8) is 0 Å². The van der Waals surface area contributed by atoms with Gasteiger partial charge in [0, 0.05) is 25.3 Å². The van der Waals surface area contributed by atoms with E-state index >= 15 is 0 Å². The van der Waals surface area contributed by atoms with Gasteiger partial charge in [-0.05, 0) is 12.8 Å². The van der Waals surface area contributed by atoms with Crippen LogP contribution in [-0.2, 0) is 9.47 Å². The Morgan fingerprint density at radius 2 is 2.20 bits per heavy atom. The van der Waals surface area contributed by atoms with Gasteiger partial charge in [-0.3, -0.25) is 4.90 Å². The number of carbonyl (C=O) groups is 1. The lowest BCUT2D eigenvalue weighted by Crippen LogP contribution is -2.49. The molecule has 2 N–H and O–H groups in total. The fraction of sp³-hybridized carbons (Fsp3) is 0.786. The molecule has 0 bridgehead atoms. The topological polar surface area (TPSA) is 62.8 Å². The highest BCUT2D eigenvalue weighted by atomic mass is 16.6. The third-order valence-corrected chi connectivity index (χ3v) is 3.66. The highest BCUT2D eigenvalue weighted by molar-refractivity contribution is 5.69. The molecule has 6 nitrogen and oxygen atoms in total. The van der Waals surface area contributed by atoms with Gasteiger partial charge < -0.3 is 20.1 Å². The number of rotatable bonds is 5. The molecular weight excluding hydrogens is 258 g/mol. The van der Waals surface area contributed by atoms with Crippen LogP contribution < -0.4 is 10.6 Å². The minimum atomic E-state index is -0.247. The van der Waals surface area contributed by atoms with Crippen LogP contribution in [0.1, 0.15) is 27.2 Å². The lowest BCUT2D eigenvalue weighted by atomic mass is 9.94. The zero-order chi connectivity index (χ0) is 14.5. The highest BCUT2D eigenvalue weighted by Gasteiger charge is 2.37. The molecule has 1 atom stereocenters. The van der Waals surface area contributed by atoms with E-state index in [0.717, 1.165) is 18.8 Å². The molecule has 0 saturated heterocycles. The third-order valence-electron chi connectivity index (χ3n) is 3.66. The van der Waals surface area contributed by atoms with Crippen LogP contribution in [0.15, 0.2) is 11.4 Å². The van der Waals surface area contributed by atoms with Gasteiger partial charge in [-0.1, -0.05) is 13.8 Å². The van der Waals surface area contributed by atoms with Crippen molar-refractivity contribution in [2.24, 2.45) is 5.92 Å². The highest BCUT2D eigenvalue weighted by Crippen LogP contribution is 2.28. The molecule has 1 amide bonds. The number of carbonyl (C=O) groups excluding carboxylic acids is 1. The Morgan fingerprint density at radius 3 is 2.90 bits per heavy atom. The smallest absolute Gasteiger partial charge is 0.410 e. The van der Waals surface area contributed by atoms with E-state index in [4.69, 9.17) is 9.47 Å². The zero-order valence-corrected chi connectivity index (χ0v) is 12.6. The Morgan fingerprint density at radius 1 is 1.40 bits per heavy atom. The van der Waals surface area contributed by atoms with Crippen LogP contribution in [0.3, 0.4) is 0 Å². The summed E-state index contributed by atoms with van der Waals surface area (Å²) in [6, 6.07) is 0.0633. The molecule has 0 aromatic carbocycles. The summed E-state index contributed by atoms with van der Waals surface area (Å²) in [4.78, 5) is 14.1. The molecular formula is C14H25N3O3. The van der Waals surface area contributed by atoms with Crippen molar-refractivity contribution in [2.45, 2.75) is 33.2 Å². The average molecular weight is 283 g/mol. The van der Waals surface area contributed by atoms with Crippen LogP contribution >= 0.6 is 0 Å². The molecule has 2 aliphatic heterocycles. The first-order chi connectivity index (χ1) is 9.65. The van der Waals surface area contributed by atoms with Gasteiger partial charge in [0.25, 0.3) is 0 Å². The van der Waals surface area contributed by atoms with E-state index in [-0.39, 0.29) is 12.1 Å². The summed E-state index contributed by atoms with van der Waals surface area (Å²) < 4.78 is 10.5. The monoisotopic (exact) mass is 283 g/mol. The predicted octanol–water partition coefficient (Wildman–Crippen LogP) is 1.25. The lowest BCUT2D eigenvalue weighted by molar-refractivity contribution is 0.0472.